The number of anilines is 1. The van der Waals surface area contributed by atoms with Crippen LogP contribution in [0.2, 0.25) is 0 Å². The van der Waals surface area contributed by atoms with Gasteiger partial charge >= 0.3 is 6.18 Å². The van der Waals surface area contributed by atoms with Crippen LogP contribution in [0.3, 0.4) is 0 Å². The fraction of sp³-hybridized carbons (Fsp3) is 0.538. The third kappa shape index (κ3) is 4.89. The third-order valence-corrected chi connectivity index (χ3v) is 2.88. The molecule has 0 fully saturated rings. The molecule has 5 nitrogen and oxygen atoms in total. The van der Waals surface area contributed by atoms with Crippen molar-refractivity contribution in [3.05, 3.63) is 33.9 Å². The second-order valence-electron chi connectivity index (χ2n) is 4.72. The molecule has 0 saturated heterocycles. The highest BCUT2D eigenvalue weighted by Gasteiger charge is 2.33. The summed E-state index contributed by atoms with van der Waals surface area (Å²) in [5.41, 5.74) is -0.247. The molecule has 0 amide bonds. The van der Waals surface area contributed by atoms with Crippen molar-refractivity contribution in [2.45, 2.75) is 32.5 Å². The molecule has 21 heavy (non-hydrogen) atoms. The topological polar surface area (TPSA) is 66.6 Å². The number of alkyl halides is 3. The minimum absolute atomic E-state index is 0.0500. The fourth-order valence-corrected chi connectivity index (χ4v) is 1.98. The zero-order chi connectivity index (χ0) is 16.2. The molecule has 1 aromatic rings. The predicted octanol–water partition coefficient (Wildman–Crippen LogP) is 3.43. The number of hydrogen-bond acceptors (Lipinski definition) is 4. The molecule has 0 aliphatic carbocycles. The van der Waals surface area contributed by atoms with Gasteiger partial charge in [-0.3, -0.25) is 10.1 Å². The standard InChI is InChI=1S/C13H17F3N2O3/c1-3-6-17(8-13(14,15)16)11-5-4-10(9(2)19)7-12(11)18(20)21/h4-5,7,9,19H,3,6,8H2,1-2H3. The molecule has 1 unspecified atom stereocenters. The summed E-state index contributed by atoms with van der Waals surface area (Å²) >= 11 is 0. The Bertz CT molecular complexity index is 504. The fourth-order valence-electron chi connectivity index (χ4n) is 1.98. The number of benzene rings is 1. The van der Waals surface area contributed by atoms with Gasteiger partial charge in [-0.1, -0.05) is 13.0 Å². The third-order valence-electron chi connectivity index (χ3n) is 2.88. The molecule has 0 bridgehead atoms. The summed E-state index contributed by atoms with van der Waals surface area (Å²) in [5.74, 6) is 0. The van der Waals surface area contributed by atoms with Crippen molar-refractivity contribution < 1.29 is 23.2 Å². The van der Waals surface area contributed by atoms with Gasteiger partial charge in [0, 0.05) is 12.6 Å². The normalized spacial score (nSPS) is 13.0. The van der Waals surface area contributed by atoms with E-state index in [4.69, 9.17) is 0 Å². The lowest BCUT2D eigenvalue weighted by Crippen LogP contribution is -2.35. The molecule has 1 N–H and O–H groups in total. The van der Waals surface area contributed by atoms with E-state index in [-0.39, 0.29) is 17.8 Å². The van der Waals surface area contributed by atoms with Gasteiger partial charge in [0.15, 0.2) is 0 Å². The lowest BCUT2D eigenvalue weighted by molar-refractivity contribution is -0.384. The molecule has 0 aliphatic rings. The molecule has 0 spiro atoms. The Morgan fingerprint density at radius 2 is 2.05 bits per heavy atom. The van der Waals surface area contributed by atoms with Crippen LogP contribution >= 0.6 is 0 Å². The molecule has 118 valence electrons. The molecule has 1 aromatic carbocycles. The van der Waals surface area contributed by atoms with Crippen LogP contribution in [0.25, 0.3) is 0 Å². The maximum Gasteiger partial charge on any atom is 0.405 e. The number of nitrogens with zero attached hydrogens (tertiary/aromatic N) is 2. The lowest BCUT2D eigenvalue weighted by atomic mass is 10.1. The van der Waals surface area contributed by atoms with E-state index in [2.05, 4.69) is 0 Å². The first-order chi connectivity index (χ1) is 9.65. The summed E-state index contributed by atoms with van der Waals surface area (Å²) in [6.07, 6.45) is -4.96. The van der Waals surface area contributed by atoms with Gasteiger partial charge in [-0.25, -0.2) is 0 Å². The Morgan fingerprint density at radius 3 is 2.48 bits per heavy atom. The van der Waals surface area contributed by atoms with Crippen LogP contribution in [0.1, 0.15) is 31.9 Å². The highest BCUT2D eigenvalue weighted by atomic mass is 19.4. The first-order valence-corrected chi connectivity index (χ1v) is 6.43. The van der Waals surface area contributed by atoms with E-state index in [0.717, 1.165) is 11.0 Å². The summed E-state index contributed by atoms with van der Waals surface area (Å²) in [6.45, 7) is 1.92. The Kier molecular flexibility index (Phi) is 5.54. The van der Waals surface area contributed by atoms with E-state index < -0.39 is 29.4 Å². The number of aliphatic hydroxyl groups excluding tert-OH is 1. The van der Waals surface area contributed by atoms with Crippen LogP contribution in [-0.2, 0) is 0 Å². The number of hydrogen-bond donors (Lipinski definition) is 1. The number of nitro groups is 1. The van der Waals surface area contributed by atoms with E-state index in [1.807, 2.05) is 0 Å². The van der Waals surface area contributed by atoms with Gasteiger partial charge < -0.3 is 10.0 Å². The SMILES string of the molecule is CCCN(CC(F)(F)F)c1ccc(C(C)O)cc1[N+](=O)[O-]. The monoisotopic (exact) mass is 306 g/mol. The molecule has 0 saturated carbocycles. The van der Waals surface area contributed by atoms with Gasteiger partial charge in [0.25, 0.3) is 5.69 Å². The Labute approximate surface area is 120 Å². The molecule has 0 aliphatic heterocycles. The molecule has 1 rings (SSSR count). The summed E-state index contributed by atoms with van der Waals surface area (Å²) in [5, 5.41) is 20.5. The predicted molar refractivity (Wildman–Crippen MR) is 72.3 cm³/mol. The van der Waals surface area contributed by atoms with Gasteiger partial charge in [-0.15, -0.1) is 0 Å². The molecule has 8 heteroatoms. The quantitative estimate of drug-likeness (QED) is 0.646. The average molecular weight is 306 g/mol. The van der Waals surface area contributed by atoms with Crippen molar-refractivity contribution in [2.75, 3.05) is 18.0 Å². The van der Waals surface area contributed by atoms with Crippen molar-refractivity contribution >= 4 is 11.4 Å². The zero-order valence-electron chi connectivity index (χ0n) is 11.7. The summed E-state index contributed by atoms with van der Waals surface area (Å²) in [7, 11) is 0. The number of halogens is 3. The van der Waals surface area contributed by atoms with Crippen molar-refractivity contribution in [3.8, 4) is 0 Å². The van der Waals surface area contributed by atoms with Crippen molar-refractivity contribution in [3.63, 3.8) is 0 Å². The van der Waals surface area contributed by atoms with Crippen LogP contribution < -0.4 is 4.90 Å². The Morgan fingerprint density at radius 1 is 1.43 bits per heavy atom. The number of rotatable bonds is 6. The highest BCUT2D eigenvalue weighted by molar-refractivity contribution is 5.64. The second-order valence-corrected chi connectivity index (χ2v) is 4.72. The molecule has 1 atom stereocenters. The summed E-state index contributed by atoms with van der Waals surface area (Å²) in [4.78, 5) is 11.3. The van der Waals surface area contributed by atoms with Crippen LogP contribution in [0.5, 0.6) is 0 Å². The number of nitro benzene ring substituents is 1. The second kappa shape index (κ2) is 6.75. The van der Waals surface area contributed by atoms with E-state index >= 15 is 0 Å². The van der Waals surface area contributed by atoms with Gasteiger partial charge in [0.2, 0.25) is 0 Å². The van der Waals surface area contributed by atoms with Crippen molar-refractivity contribution in [1.29, 1.82) is 0 Å². The van der Waals surface area contributed by atoms with Crippen LogP contribution in [-0.4, -0.2) is 29.3 Å². The molecule has 0 heterocycles. The largest absolute Gasteiger partial charge is 0.405 e. The molecular formula is C13H17F3N2O3. The Balaban J connectivity index is 3.26. The maximum absolute atomic E-state index is 12.6. The average Bonchev–Trinajstić information content (AvgIpc) is 2.35. The molecule has 0 radical (unpaired) electrons. The van der Waals surface area contributed by atoms with E-state index in [1.165, 1.54) is 19.1 Å². The summed E-state index contributed by atoms with van der Waals surface area (Å²) < 4.78 is 37.8. The van der Waals surface area contributed by atoms with Crippen molar-refractivity contribution in [1.82, 2.24) is 0 Å². The van der Waals surface area contributed by atoms with E-state index in [9.17, 15) is 28.4 Å². The van der Waals surface area contributed by atoms with E-state index in [1.54, 1.807) is 6.92 Å². The van der Waals surface area contributed by atoms with E-state index in [0.29, 0.717) is 6.42 Å². The first kappa shape index (κ1) is 17.2. The van der Waals surface area contributed by atoms with Gasteiger partial charge in [-0.2, -0.15) is 13.2 Å². The van der Waals surface area contributed by atoms with Crippen molar-refractivity contribution in [2.24, 2.45) is 0 Å². The highest BCUT2D eigenvalue weighted by Crippen LogP contribution is 2.33. The smallest absolute Gasteiger partial charge is 0.389 e. The molecular weight excluding hydrogens is 289 g/mol. The van der Waals surface area contributed by atoms with Gasteiger partial charge in [0.05, 0.1) is 11.0 Å². The summed E-state index contributed by atoms with van der Waals surface area (Å²) in [6, 6.07) is 3.76. The molecule has 0 aromatic heterocycles. The Hall–Kier alpha value is -1.83. The van der Waals surface area contributed by atoms with Crippen LogP contribution in [0.15, 0.2) is 18.2 Å². The van der Waals surface area contributed by atoms with Crippen LogP contribution in [0, 0.1) is 10.1 Å². The minimum Gasteiger partial charge on any atom is -0.389 e. The van der Waals surface area contributed by atoms with Gasteiger partial charge in [0.1, 0.15) is 12.2 Å². The first-order valence-electron chi connectivity index (χ1n) is 6.43. The maximum atomic E-state index is 12.6. The van der Waals surface area contributed by atoms with Crippen LogP contribution in [0.4, 0.5) is 24.5 Å². The number of aliphatic hydroxyl groups is 1. The minimum atomic E-state index is -4.45. The lowest BCUT2D eigenvalue weighted by Gasteiger charge is -2.25. The van der Waals surface area contributed by atoms with Gasteiger partial charge in [-0.05, 0) is 25.0 Å². The zero-order valence-corrected chi connectivity index (χ0v) is 11.7.